The molecule has 0 aliphatic carbocycles. The van der Waals surface area contributed by atoms with Gasteiger partial charge in [0.15, 0.2) is 0 Å². The zero-order chi connectivity index (χ0) is 23.3. The fourth-order valence-corrected chi connectivity index (χ4v) is 5.15. The average Bonchev–Trinajstić information content (AvgIpc) is 2.74. The van der Waals surface area contributed by atoms with E-state index in [1.54, 1.807) is 24.3 Å². The normalized spacial score (nSPS) is 11.1. The number of hydrogen-bond acceptors (Lipinski definition) is 3. The van der Waals surface area contributed by atoms with Crippen LogP contribution in [0.3, 0.4) is 0 Å². The van der Waals surface area contributed by atoms with Gasteiger partial charge in [-0.2, -0.15) is 5.26 Å². The molecule has 0 atom stereocenters. The SMILES string of the molecule is Cc1ccc(NC(=O)/C(C#N)=C/c2cc(I)c(OCc3ccccc3F)c(I)c2)c(C)c1. The Morgan fingerprint density at radius 2 is 1.81 bits per heavy atom. The fraction of sp³-hybridized carbons (Fsp3) is 0.120. The minimum atomic E-state index is -0.468. The van der Waals surface area contributed by atoms with Gasteiger partial charge in [0, 0.05) is 11.3 Å². The summed E-state index contributed by atoms with van der Waals surface area (Å²) in [4.78, 5) is 12.6. The number of aryl methyl sites for hydroxylation is 2. The van der Waals surface area contributed by atoms with Gasteiger partial charge in [-0.15, -0.1) is 0 Å². The highest BCUT2D eigenvalue weighted by molar-refractivity contribution is 14.1. The largest absolute Gasteiger partial charge is 0.487 e. The van der Waals surface area contributed by atoms with Crippen LogP contribution < -0.4 is 10.1 Å². The number of rotatable bonds is 6. The number of halogens is 3. The number of carbonyl (C=O) groups is 1. The molecule has 0 unspecified atom stereocenters. The van der Waals surface area contributed by atoms with Crippen LogP contribution in [-0.2, 0) is 11.4 Å². The van der Waals surface area contributed by atoms with Crippen molar-refractivity contribution in [3.63, 3.8) is 0 Å². The Morgan fingerprint density at radius 3 is 2.44 bits per heavy atom. The number of hydrogen-bond donors (Lipinski definition) is 1. The second kappa shape index (κ2) is 10.9. The van der Waals surface area contributed by atoms with Crippen LogP contribution >= 0.6 is 45.2 Å². The van der Waals surface area contributed by atoms with E-state index >= 15 is 0 Å². The molecule has 3 aromatic rings. The summed E-state index contributed by atoms with van der Waals surface area (Å²) in [5.74, 6) is -0.153. The summed E-state index contributed by atoms with van der Waals surface area (Å²) in [5.41, 5.74) is 3.86. The molecule has 1 N–H and O–H groups in total. The molecule has 0 bridgehead atoms. The van der Waals surface area contributed by atoms with Gasteiger partial charge in [0.05, 0.1) is 7.14 Å². The average molecular weight is 652 g/mol. The van der Waals surface area contributed by atoms with E-state index in [1.165, 1.54) is 6.07 Å². The molecule has 0 saturated carbocycles. The van der Waals surface area contributed by atoms with E-state index in [1.807, 2.05) is 50.2 Å². The number of nitriles is 1. The molecule has 0 aliphatic rings. The van der Waals surface area contributed by atoms with Crippen molar-refractivity contribution >= 4 is 62.9 Å². The smallest absolute Gasteiger partial charge is 0.266 e. The van der Waals surface area contributed by atoms with Gasteiger partial charge in [-0.05, 0) is 100 Å². The molecule has 0 saturated heterocycles. The highest BCUT2D eigenvalue weighted by atomic mass is 127. The highest BCUT2D eigenvalue weighted by Gasteiger charge is 2.14. The van der Waals surface area contributed by atoms with Gasteiger partial charge in [-0.1, -0.05) is 35.9 Å². The summed E-state index contributed by atoms with van der Waals surface area (Å²) in [6, 6.07) is 17.8. The van der Waals surface area contributed by atoms with Crippen molar-refractivity contribution in [3.8, 4) is 11.8 Å². The van der Waals surface area contributed by atoms with Gasteiger partial charge in [0.25, 0.3) is 5.91 Å². The number of nitrogens with zero attached hydrogens (tertiary/aromatic N) is 1. The van der Waals surface area contributed by atoms with E-state index in [9.17, 15) is 14.4 Å². The summed E-state index contributed by atoms with van der Waals surface area (Å²) in [6.07, 6.45) is 1.55. The molecule has 162 valence electrons. The van der Waals surface area contributed by atoms with Crippen molar-refractivity contribution in [2.75, 3.05) is 5.32 Å². The first-order chi connectivity index (χ1) is 15.3. The van der Waals surface area contributed by atoms with E-state index in [0.717, 1.165) is 18.3 Å². The van der Waals surface area contributed by atoms with E-state index in [4.69, 9.17) is 4.74 Å². The molecule has 0 aromatic heterocycles. The van der Waals surface area contributed by atoms with Crippen molar-refractivity contribution in [1.29, 1.82) is 5.26 Å². The maximum atomic E-state index is 13.9. The first kappa shape index (κ1) is 24.2. The molecule has 0 aliphatic heterocycles. The Kier molecular flexibility index (Phi) is 8.26. The first-order valence-corrected chi connectivity index (χ1v) is 11.8. The van der Waals surface area contributed by atoms with Crippen molar-refractivity contribution in [1.82, 2.24) is 0 Å². The molecular formula is C25H19FI2N2O2. The van der Waals surface area contributed by atoms with Crippen LogP contribution in [-0.4, -0.2) is 5.91 Å². The lowest BCUT2D eigenvalue weighted by atomic mass is 10.1. The predicted octanol–water partition coefficient (Wildman–Crippen LogP) is 6.78. The van der Waals surface area contributed by atoms with Gasteiger partial charge >= 0.3 is 0 Å². The molecule has 32 heavy (non-hydrogen) atoms. The minimum absolute atomic E-state index is 0.00315. The number of benzene rings is 3. The van der Waals surface area contributed by atoms with Crippen LogP contribution in [0.5, 0.6) is 5.75 Å². The minimum Gasteiger partial charge on any atom is -0.487 e. The third-order valence-electron chi connectivity index (χ3n) is 4.66. The second-order valence-corrected chi connectivity index (χ2v) is 9.46. The van der Waals surface area contributed by atoms with E-state index in [2.05, 4.69) is 50.5 Å². The van der Waals surface area contributed by atoms with Gasteiger partial charge in [-0.25, -0.2) is 4.39 Å². The number of carbonyl (C=O) groups excluding carboxylic acids is 1. The van der Waals surface area contributed by atoms with Crippen LogP contribution in [0.25, 0.3) is 6.08 Å². The molecular weight excluding hydrogens is 633 g/mol. The number of ether oxygens (including phenoxy) is 1. The summed E-state index contributed by atoms with van der Waals surface area (Å²) in [6.45, 7) is 3.99. The zero-order valence-corrected chi connectivity index (χ0v) is 21.7. The lowest BCUT2D eigenvalue weighted by molar-refractivity contribution is -0.112. The lowest BCUT2D eigenvalue weighted by Crippen LogP contribution is -2.14. The molecule has 0 heterocycles. The standard InChI is InChI=1S/C25H19FI2N2O2/c1-15-7-8-23(16(2)9-15)30-25(31)19(13-29)10-17-11-21(27)24(22(28)12-17)32-14-18-5-3-4-6-20(18)26/h3-12H,14H2,1-2H3,(H,30,31)/b19-10+. The van der Waals surface area contributed by atoms with Crippen molar-refractivity contribution in [2.45, 2.75) is 20.5 Å². The van der Waals surface area contributed by atoms with Crippen LogP contribution in [0.1, 0.15) is 22.3 Å². The summed E-state index contributed by atoms with van der Waals surface area (Å²) >= 11 is 4.26. The molecule has 0 radical (unpaired) electrons. The van der Waals surface area contributed by atoms with Crippen molar-refractivity contribution in [3.05, 3.63) is 95.4 Å². The number of amides is 1. The maximum Gasteiger partial charge on any atom is 0.266 e. The van der Waals surface area contributed by atoms with E-state index < -0.39 is 5.91 Å². The molecule has 4 nitrogen and oxygen atoms in total. The quantitative estimate of drug-likeness (QED) is 0.182. The first-order valence-electron chi connectivity index (χ1n) is 9.64. The molecule has 3 aromatic carbocycles. The molecule has 0 spiro atoms. The Labute approximate surface area is 213 Å². The maximum absolute atomic E-state index is 13.9. The number of anilines is 1. The Morgan fingerprint density at radius 1 is 1.12 bits per heavy atom. The molecule has 0 fully saturated rings. The summed E-state index contributed by atoms with van der Waals surface area (Å²) in [7, 11) is 0. The number of nitrogens with one attached hydrogen (secondary N) is 1. The third kappa shape index (κ3) is 6.07. The highest BCUT2D eigenvalue weighted by Crippen LogP contribution is 2.31. The van der Waals surface area contributed by atoms with Gasteiger partial charge in [0.2, 0.25) is 0 Å². The molecule has 7 heteroatoms. The lowest BCUT2D eigenvalue weighted by Gasteiger charge is -2.12. The zero-order valence-electron chi connectivity index (χ0n) is 17.4. The molecule has 1 amide bonds. The molecule has 3 rings (SSSR count). The predicted molar refractivity (Wildman–Crippen MR) is 141 cm³/mol. The van der Waals surface area contributed by atoms with E-state index in [-0.39, 0.29) is 18.0 Å². The Balaban J connectivity index is 1.79. The topological polar surface area (TPSA) is 62.1 Å². The summed E-state index contributed by atoms with van der Waals surface area (Å²) in [5, 5.41) is 12.3. The van der Waals surface area contributed by atoms with Crippen LogP contribution in [0.15, 0.2) is 60.2 Å². The van der Waals surface area contributed by atoms with Crippen molar-refractivity contribution in [2.24, 2.45) is 0 Å². The Bertz CT molecular complexity index is 1230. The van der Waals surface area contributed by atoms with Gasteiger partial charge in [0.1, 0.15) is 29.8 Å². The van der Waals surface area contributed by atoms with Crippen LogP contribution in [0.2, 0.25) is 0 Å². The third-order valence-corrected chi connectivity index (χ3v) is 6.26. The monoisotopic (exact) mass is 652 g/mol. The van der Waals surface area contributed by atoms with E-state index in [0.29, 0.717) is 22.6 Å². The second-order valence-electron chi connectivity index (χ2n) is 7.14. The van der Waals surface area contributed by atoms with Crippen molar-refractivity contribution < 1.29 is 13.9 Å². The van der Waals surface area contributed by atoms with Crippen LogP contribution in [0, 0.1) is 38.1 Å². The fourth-order valence-electron chi connectivity index (χ4n) is 3.02. The van der Waals surface area contributed by atoms with Gasteiger partial charge in [-0.3, -0.25) is 4.79 Å². The van der Waals surface area contributed by atoms with Crippen LogP contribution in [0.4, 0.5) is 10.1 Å². The Hall–Kier alpha value is -2.45. The van der Waals surface area contributed by atoms with Gasteiger partial charge < -0.3 is 10.1 Å². The summed E-state index contributed by atoms with van der Waals surface area (Å²) < 4.78 is 21.3.